The van der Waals surface area contributed by atoms with Crippen LogP contribution in [0.25, 0.3) is 5.57 Å². The third kappa shape index (κ3) is 3.42. The standard InChI is InChI=1S/C18H17NO5S/c20-17-7-6-15(12-16(17)18(21)22)25(23,24)19-10-8-14(9-11-19)13-4-2-1-3-5-13/h1-8,12,20H,9-11H2,(H,21,22)/p-1. The minimum Gasteiger partial charge on any atom is -0.872 e. The molecule has 0 unspecified atom stereocenters. The molecule has 25 heavy (non-hydrogen) atoms. The van der Waals surface area contributed by atoms with E-state index in [9.17, 15) is 18.3 Å². The summed E-state index contributed by atoms with van der Waals surface area (Å²) in [4.78, 5) is 10.9. The highest BCUT2D eigenvalue weighted by atomic mass is 32.2. The van der Waals surface area contributed by atoms with E-state index in [1.165, 1.54) is 4.31 Å². The predicted molar refractivity (Wildman–Crippen MR) is 90.6 cm³/mol. The van der Waals surface area contributed by atoms with E-state index in [4.69, 9.17) is 5.11 Å². The van der Waals surface area contributed by atoms with Crippen LogP contribution in [0.5, 0.6) is 5.75 Å². The van der Waals surface area contributed by atoms with E-state index in [-0.39, 0.29) is 11.4 Å². The predicted octanol–water partition coefficient (Wildman–Crippen LogP) is 1.94. The number of sulfonamides is 1. The Morgan fingerprint density at radius 2 is 1.84 bits per heavy atom. The van der Waals surface area contributed by atoms with Gasteiger partial charge in [-0.3, -0.25) is 0 Å². The Labute approximate surface area is 145 Å². The summed E-state index contributed by atoms with van der Waals surface area (Å²) in [6.45, 7) is 0.499. The third-order valence-corrected chi connectivity index (χ3v) is 6.00. The second-order valence-corrected chi connectivity index (χ2v) is 7.61. The number of carbonyl (C=O) groups is 1. The number of nitrogens with zero attached hydrogens (tertiary/aromatic N) is 1. The zero-order valence-electron chi connectivity index (χ0n) is 13.3. The van der Waals surface area contributed by atoms with Crippen molar-refractivity contribution in [2.75, 3.05) is 13.1 Å². The Morgan fingerprint density at radius 1 is 1.12 bits per heavy atom. The molecule has 0 bridgehead atoms. The van der Waals surface area contributed by atoms with Gasteiger partial charge in [-0.15, -0.1) is 0 Å². The summed E-state index contributed by atoms with van der Waals surface area (Å²) in [5.74, 6) is -2.15. The molecule has 130 valence electrons. The van der Waals surface area contributed by atoms with Crippen molar-refractivity contribution in [3.8, 4) is 5.75 Å². The van der Waals surface area contributed by atoms with Gasteiger partial charge in [-0.1, -0.05) is 48.2 Å². The molecular formula is C18H16NO5S-. The summed E-state index contributed by atoms with van der Waals surface area (Å²) in [6.07, 6.45) is 2.42. The lowest BCUT2D eigenvalue weighted by molar-refractivity contribution is -0.268. The van der Waals surface area contributed by atoms with E-state index in [2.05, 4.69) is 0 Å². The molecule has 0 spiro atoms. The maximum absolute atomic E-state index is 12.7. The van der Waals surface area contributed by atoms with Gasteiger partial charge in [0.05, 0.1) is 10.5 Å². The molecule has 6 nitrogen and oxygen atoms in total. The lowest BCUT2D eigenvalue weighted by Gasteiger charge is -2.26. The average molecular weight is 358 g/mol. The zero-order valence-corrected chi connectivity index (χ0v) is 14.1. The van der Waals surface area contributed by atoms with Crippen molar-refractivity contribution in [2.24, 2.45) is 0 Å². The second-order valence-electron chi connectivity index (χ2n) is 5.67. The van der Waals surface area contributed by atoms with Gasteiger partial charge in [0.15, 0.2) is 0 Å². The Kier molecular flexibility index (Phi) is 4.61. The van der Waals surface area contributed by atoms with Crippen LogP contribution in [-0.2, 0) is 10.0 Å². The molecule has 1 N–H and O–H groups in total. The first-order chi connectivity index (χ1) is 11.9. The molecular weight excluding hydrogens is 342 g/mol. The lowest BCUT2D eigenvalue weighted by Crippen LogP contribution is -2.34. The van der Waals surface area contributed by atoms with Crippen molar-refractivity contribution in [1.29, 1.82) is 0 Å². The summed E-state index contributed by atoms with van der Waals surface area (Å²) in [5.41, 5.74) is 1.59. The fourth-order valence-corrected chi connectivity index (χ4v) is 4.18. The molecule has 3 rings (SSSR count). The van der Waals surface area contributed by atoms with Crippen molar-refractivity contribution in [2.45, 2.75) is 11.3 Å². The van der Waals surface area contributed by atoms with Gasteiger partial charge in [0, 0.05) is 13.1 Å². The van der Waals surface area contributed by atoms with Crippen molar-refractivity contribution < 1.29 is 23.4 Å². The average Bonchev–Trinajstić information content (AvgIpc) is 2.62. The van der Waals surface area contributed by atoms with Crippen molar-refractivity contribution >= 4 is 21.6 Å². The monoisotopic (exact) mass is 358 g/mol. The van der Waals surface area contributed by atoms with Gasteiger partial charge in [-0.25, -0.2) is 13.2 Å². The summed E-state index contributed by atoms with van der Waals surface area (Å²) in [7, 11) is -3.85. The summed E-state index contributed by atoms with van der Waals surface area (Å²) >= 11 is 0. The van der Waals surface area contributed by atoms with Crippen LogP contribution in [0.4, 0.5) is 0 Å². The first kappa shape index (κ1) is 17.2. The van der Waals surface area contributed by atoms with Gasteiger partial charge in [0.2, 0.25) is 10.0 Å². The number of hydrogen-bond acceptors (Lipinski definition) is 4. The summed E-state index contributed by atoms with van der Waals surface area (Å²) < 4.78 is 26.7. The fourth-order valence-electron chi connectivity index (χ4n) is 2.77. The Balaban J connectivity index is 1.86. The Morgan fingerprint density at radius 3 is 2.44 bits per heavy atom. The highest BCUT2D eigenvalue weighted by Gasteiger charge is 2.27. The Hall–Kier alpha value is -2.64. The molecule has 0 radical (unpaired) electrons. The molecule has 0 aromatic heterocycles. The minimum atomic E-state index is -3.85. The van der Waals surface area contributed by atoms with Crippen LogP contribution < -0.4 is 5.11 Å². The number of benzene rings is 2. The minimum absolute atomic E-state index is 0.180. The van der Waals surface area contributed by atoms with E-state index >= 15 is 0 Å². The topological polar surface area (TPSA) is 97.7 Å². The molecule has 2 aromatic carbocycles. The van der Waals surface area contributed by atoms with Gasteiger partial charge in [-0.05, 0) is 29.7 Å². The highest BCUT2D eigenvalue weighted by molar-refractivity contribution is 7.89. The van der Waals surface area contributed by atoms with E-state index in [0.717, 1.165) is 29.3 Å². The van der Waals surface area contributed by atoms with Crippen LogP contribution in [0.3, 0.4) is 0 Å². The van der Waals surface area contributed by atoms with Gasteiger partial charge < -0.3 is 10.2 Å². The zero-order chi connectivity index (χ0) is 18.0. The molecule has 0 aliphatic carbocycles. The number of carboxylic acid groups (broad SMARTS) is 1. The number of aromatic carboxylic acids is 1. The van der Waals surface area contributed by atoms with Crippen molar-refractivity contribution in [3.63, 3.8) is 0 Å². The molecule has 7 heteroatoms. The number of hydrogen-bond donors (Lipinski definition) is 1. The van der Waals surface area contributed by atoms with Crippen molar-refractivity contribution in [3.05, 3.63) is 65.7 Å². The number of rotatable bonds is 4. The summed E-state index contributed by atoms with van der Waals surface area (Å²) in [6, 6.07) is 12.8. The van der Waals surface area contributed by atoms with Crippen LogP contribution in [-0.4, -0.2) is 36.9 Å². The smallest absolute Gasteiger partial charge is 0.335 e. The molecule has 2 aromatic rings. The SMILES string of the molecule is O=C(O)c1cc(S(=O)(=O)N2CC=C(c3ccccc3)CC2)ccc1[O-]. The maximum Gasteiger partial charge on any atom is 0.335 e. The van der Waals surface area contributed by atoms with Crippen LogP contribution in [0, 0.1) is 0 Å². The van der Waals surface area contributed by atoms with Gasteiger partial charge >= 0.3 is 5.97 Å². The Bertz CT molecular complexity index is 935. The normalized spacial score (nSPS) is 15.6. The molecule has 1 aliphatic rings. The van der Waals surface area contributed by atoms with Crippen LogP contribution in [0.1, 0.15) is 22.3 Å². The van der Waals surface area contributed by atoms with E-state index in [0.29, 0.717) is 13.0 Å². The van der Waals surface area contributed by atoms with E-state index in [1.54, 1.807) is 0 Å². The van der Waals surface area contributed by atoms with Gasteiger partial charge in [0.1, 0.15) is 0 Å². The first-order valence-electron chi connectivity index (χ1n) is 7.68. The molecule has 0 saturated carbocycles. The van der Waals surface area contributed by atoms with Crippen LogP contribution in [0.2, 0.25) is 0 Å². The fraction of sp³-hybridized carbons (Fsp3) is 0.167. The maximum atomic E-state index is 12.7. The molecule has 0 fully saturated rings. The second kappa shape index (κ2) is 6.70. The quantitative estimate of drug-likeness (QED) is 0.901. The highest BCUT2D eigenvalue weighted by Crippen LogP contribution is 2.27. The molecule has 1 aliphatic heterocycles. The van der Waals surface area contributed by atoms with Crippen molar-refractivity contribution in [1.82, 2.24) is 4.31 Å². The van der Waals surface area contributed by atoms with Gasteiger partial charge in [0.25, 0.3) is 0 Å². The van der Waals surface area contributed by atoms with E-state index < -0.39 is 27.3 Å². The third-order valence-electron chi connectivity index (χ3n) is 4.14. The molecule has 1 heterocycles. The summed E-state index contributed by atoms with van der Waals surface area (Å²) in [5, 5.41) is 20.5. The van der Waals surface area contributed by atoms with Crippen LogP contribution in [0.15, 0.2) is 59.5 Å². The molecule has 0 amide bonds. The largest absolute Gasteiger partial charge is 0.872 e. The lowest BCUT2D eigenvalue weighted by atomic mass is 10.0. The molecule has 0 atom stereocenters. The number of carboxylic acids is 1. The first-order valence-corrected chi connectivity index (χ1v) is 9.12. The van der Waals surface area contributed by atoms with Gasteiger partial charge in [-0.2, -0.15) is 4.31 Å². The molecule has 0 saturated heterocycles. The van der Waals surface area contributed by atoms with E-state index in [1.807, 2.05) is 36.4 Å². The van der Waals surface area contributed by atoms with Crippen LogP contribution >= 0.6 is 0 Å².